The Morgan fingerprint density at radius 3 is 2.70 bits per heavy atom. The first kappa shape index (κ1) is 19.5. The van der Waals surface area contributed by atoms with Gasteiger partial charge in [0.15, 0.2) is 5.65 Å². The first-order valence-electron chi connectivity index (χ1n) is 9.12. The van der Waals surface area contributed by atoms with Gasteiger partial charge in [0.1, 0.15) is 6.07 Å². The Morgan fingerprint density at radius 1 is 1.20 bits per heavy atom. The van der Waals surface area contributed by atoms with Gasteiger partial charge in [0, 0.05) is 0 Å². The van der Waals surface area contributed by atoms with Crippen molar-refractivity contribution in [3.05, 3.63) is 71.3 Å². The fourth-order valence-corrected chi connectivity index (χ4v) is 4.22. The smallest absolute Gasteiger partial charge is 0.250 e. The minimum Gasteiger partial charge on any atom is -0.366 e. The lowest BCUT2D eigenvalue weighted by atomic mass is 10.1. The summed E-state index contributed by atoms with van der Waals surface area (Å²) in [5.74, 6) is -0.763. The van der Waals surface area contributed by atoms with Crippen molar-refractivity contribution < 1.29 is 9.59 Å². The average Bonchev–Trinajstić information content (AvgIpc) is 3.11. The summed E-state index contributed by atoms with van der Waals surface area (Å²) in [5, 5.41) is 13.1. The van der Waals surface area contributed by atoms with E-state index >= 15 is 0 Å². The number of para-hydroxylation sites is 3. The molecule has 3 N–H and O–H groups in total. The molecule has 7 nitrogen and oxygen atoms in total. The average molecular weight is 415 g/mol. The molecule has 0 radical (unpaired) electrons. The number of hydrogen-bond donors (Lipinski definition) is 2. The van der Waals surface area contributed by atoms with E-state index in [9.17, 15) is 14.9 Å². The normalized spacial score (nSPS) is 10.8. The second-order valence-corrected chi connectivity index (χ2v) is 7.65. The van der Waals surface area contributed by atoms with Crippen molar-refractivity contribution in [1.82, 2.24) is 9.38 Å². The highest BCUT2D eigenvalue weighted by Crippen LogP contribution is 2.29. The van der Waals surface area contributed by atoms with Crippen LogP contribution in [0.5, 0.6) is 0 Å². The van der Waals surface area contributed by atoms with Gasteiger partial charge in [-0.25, -0.2) is 4.98 Å². The number of carbonyl (C=O) groups is 2. The number of nitrogens with one attached hydrogen (secondary N) is 1. The number of amides is 2. The number of hydrogen-bond acceptors (Lipinski definition) is 5. The Kier molecular flexibility index (Phi) is 5.12. The molecule has 148 valence electrons. The highest BCUT2D eigenvalue weighted by atomic mass is 32.2. The van der Waals surface area contributed by atoms with Gasteiger partial charge < -0.3 is 11.1 Å². The summed E-state index contributed by atoms with van der Waals surface area (Å²) in [6, 6.07) is 18.3. The molecular formula is C22H17N5O2S. The summed E-state index contributed by atoms with van der Waals surface area (Å²) < 4.78 is 1.90. The summed E-state index contributed by atoms with van der Waals surface area (Å²) in [7, 11) is 0. The molecule has 0 aliphatic heterocycles. The maximum absolute atomic E-state index is 12.5. The lowest BCUT2D eigenvalue weighted by Gasteiger charge is -2.11. The minimum atomic E-state index is -0.604. The first-order chi connectivity index (χ1) is 14.5. The lowest BCUT2D eigenvalue weighted by Crippen LogP contribution is -2.19. The number of nitrogens with zero attached hydrogens (tertiary/aromatic N) is 3. The Labute approximate surface area is 176 Å². The second-order valence-electron chi connectivity index (χ2n) is 6.66. The van der Waals surface area contributed by atoms with E-state index in [1.165, 1.54) is 11.8 Å². The predicted molar refractivity (Wildman–Crippen MR) is 116 cm³/mol. The third kappa shape index (κ3) is 3.47. The standard InChI is InChI=1S/C22H17N5O2S/c1-13-10-20(27-18-9-5-4-8-17(18)26-22(27)15(13)11-23)30-12-19(28)25-16-7-3-2-6-14(16)21(24)29/h2-10H,12H2,1H3,(H2,24,29)(H,25,28). The van der Waals surface area contributed by atoms with Crippen LogP contribution in [0.1, 0.15) is 21.5 Å². The van der Waals surface area contributed by atoms with Gasteiger partial charge in [-0.3, -0.25) is 14.0 Å². The van der Waals surface area contributed by atoms with Crippen LogP contribution in [0, 0.1) is 18.3 Å². The van der Waals surface area contributed by atoms with E-state index in [-0.39, 0.29) is 17.2 Å². The second kappa shape index (κ2) is 7.89. The molecule has 4 aromatic rings. The quantitative estimate of drug-likeness (QED) is 0.484. The summed E-state index contributed by atoms with van der Waals surface area (Å²) >= 11 is 1.33. The molecule has 0 unspecified atom stereocenters. The number of benzene rings is 2. The van der Waals surface area contributed by atoms with Crippen LogP contribution < -0.4 is 11.1 Å². The van der Waals surface area contributed by atoms with Crippen molar-refractivity contribution >= 4 is 45.9 Å². The molecule has 0 aliphatic carbocycles. The van der Waals surface area contributed by atoms with Crippen molar-refractivity contribution in [3.8, 4) is 6.07 Å². The van der Waals surface area contributed by atoms with E-state index in [4.69, 9.17) is 5.73 Å². The predicted octanol–water partition coefficient (Wildman–Crippen LogP) is 3.50. The molecule has 4 rings (SSSR count). The maximum Gasteiger partial charge on any atom is 0.250 e. The highest BCUT2D eigenvalue weighted by molar-refractivity contribution is 7.99. The molecule has 0 atom stereocenters. The minimum absolute atomic E-state index is 0.111. The number of nitriles is 1. The Bertz CT molecular complexity index is 1350. The van der Waals surface area contributed by atoms with Crippen molar-refractivity contribution in [2.75, 3.05) is 11.1 Å². The monoisotopic (exact) mass is 415 g/mol. The number of aromatic nitrogens is 2. The van der Waals surface area contributed by atoms with Crippen LogP contribution >= 0.6 is 11.8 Å². The van der Waals surface area contributed by atoms with E-state index < -0.39 is 5.91 Å². The van der Waals surface area contributed by atoms with Gasteiger partial charge in [-0.1, -0.05) is 36.0 Å². The van der Waals surface area contributed by atoms with E-state index in [1.54, 1.807) is 24.3 Å². The summed E-state index contributed by atoms with van der Waals surface area (Å²) in [6.45, 7) is 1.85. The highest BCUT2D eigenvalue weighted by Gasteiger charge is 2.17. The van der Waals surface area contributed by atoms with Crippen LogP contribution in [0.15, 0.2) is 59.6 Å². The molecule has 2 aromatic carbocycles. The fourth-order valence-electron chi connectivity index (χ4n) is 3.29. The Morgan fingerprint density at radius 2 is 1.93 bits per heavy atom. The largest absolute Gasteiger partial charge is 0.366 e. The van der Waals surface area contributed by atoms with Gasteiger partial charge in [-0.15, -0.1) is 0 Å². The number of rotatable bonds is 5. The van der Waals surface area contributed by atoms with E-state index in [1.807, 2.05) is 41.7 Å². The zero-order valence-corrected chi connectivity index (χ0v) is 16.9. The molecule has 0 saturated heterocycles. The summed E-state index contributed by atoms with van der Waals surface area (Å²) in [6.07, 6.45) is 0. The van der Waals surface area contributed by atoms with Crippen molar-refractivity contribution in [3.63, 3.8) is 0 Å². The number of fused-ring (bicyclic) bond motifs is 3. The third-order valence-corrected chi connectivity index (χ3v) is 5.67. The van der Waals surface area contributed by atoms with Crippen LogP contribution in [0.25, 0.3) is 16.7 Å². The number of thioether (sulfide) groups is 1. The number of carbonyl (C=O) groups excluding carboxylic acids is 2. The first-order valence-corrected chi connectivity index (χ1v) is 10.1. The van der Waals surface area contributed by atoms with Gasteiger partial charge in [-0.05, 0) is 42.8 Å². The van der Waals surface area contributed by atoms with Crippen LogP contribution in [-0.2, 0) is 4.79 Å². The van der Waals surface area contributed by atoms with Crippen molar-refractivity contribution in [2.24, 2.45) is 5.73 Å². The van der Waals surface area contributed by atoms with Gasteiger partial charge in [0.2, 0.25) is 5.91 Å². The topological polar surface area (TPSA) is 113 Å². The van der Waals surface area contributed by atoms with Gasteiger partial charge >= 0.3 is 0 Å². The molecule has 30 heavy (non-hydrogen) atoms. The Hall–Kier alpha value is -3.83. The molecule has 0 aliphatic rings. The fraction of sp³-hybridized carbons (Fsp3) is 0.0909. The van der Waals surface area contributed by atoms with E-state index in [0.717, 1.165) is 21.6 Å². The maximum atomic E-state index is 12.5. The van der Waals surface area contributed by atoms with Crippen LogP contribution in [0.4, 0.5) is 5.69 Å². The van der Waals surface area contributed by atoms with Crippen molar-refractivity contribution in [1.29, 1.82) is 5.26 Å². The van der Waals surface area contributed by atoms with Crippen LogP contribution in [0.2, 0.25) is 0 Å². The molecule has 0 bridgehead atoms. The molecule has 0 spiro atoms. The molecule has 2 heterocycles. The zero-order chi connectivity index (χ0) is 21.3. The van der Waals surface area contributed by atoms with Crippen LogP contribution in [-0.4, -0.2) is 27.0 Å². The molecule has 2 aromatic heterocycles. The summed E-state index contributed by atoms with van der Waals surface area (Å²) in [5.41, 5.74) is 9.53. The number of primary amides is 1. The molecular weight excluding hydrogens is 398 g/mol. The van der Waals surface area contributed by atoms with Crippen molar-refractivity contribution in [2.45, 2.75) is 11.9 Å². The number of pyridine rings is 1. The van der Waals surface area contributed by atoms with Gasteiger partial charge in [-0.2, -0.15) is 5.26 Å². The third-order valence-electron chi connectivity index (χ3n) is 4.67. The van der Waals surface area contributed by atoms with E-state index in [0.29, 0.717) is 16.9 Å². The Balaban J connectivity index is 1.66. The summed E-state index contributed by atoms with van der Waals surface area (Å²) in [4.78, 5) is 28.7. The van der Waals surface area contributed by atoms with E-state index in [2.05, 4.69) is 16.4 Å². The number of aryl methyl sites for hydroxylation is 1. The number of nitrogens with two attached hydrogens (primary N) is 1. The van der Waals surface area contributed by atoms with Gasteiger partial charge in [0.05, 0.1) is 38.6 Å². The zero-order valence-electron chi connectivity index (χ0n) is 16.0. The molecule has 0 fully saturated rings. The van der Waals surface area contributed by atoms with Gasteiger partial charge in [0.25, 0.3) is 5.91 Å². The molecule has 0 saturated carbocycles. The lowest BCUT2D eigenvalue weighted by molar-refractivity contribution is -0.113. The molecule has 8 heteroatoms. The number of imidazole rings is 1. The number of anilines is 1. The van der Waals surface area contributed by atoms with Crippen LogP contribution in [0.3, 0.4) is 0 Å². The SMILES string of the molecule is Cc1cc(SCC(=O)Nc2ccccc2C(N)=O)n2c(nc3ccccc32)c1C#N. The molecule has 2 amide bonds.